The van der Waals surface area contributed by atoms with Gasteiger partial charge < -0.3 is 4.42 Å². The van der Waals surface area contributed by atoms with Crippen molar-refractivity contribution in [3.8, 4) is 44.5 Å². The van der Waals surface area contributed by atoms with Gasteiger partial charge in [0.15, 0.2) is 0 Å². The standard InChI is InChI=1S/C48H30O/c1-3-14-32(15-4-1)42-29-35(30-44-37-21-11-12-25-45(37)49-48(42)44)34-26-27-41-43(28-34)46(33-17-5-2-6-18-33)39-22-9-10-23-40(39)47(41)38-24-13-19-31-16-7-8-20-36(31)38/h1-30H/i2D,5D,6D,17D,18D. The fourth-order valence-electron chi connectivity index (χ4n) is 7.56. The van der Waals surface area contributed by atoms with Crippen LogP contribution >= 0.6 is 0 Å². The summed E-state index contributed by atoms with van der Waals surface area (Å²) in [6.45, 7) is 0. The maximum atomic E-state index is 9.16. The van der Waals surface area contributed by atoms with E-state index in [4.69, 9.17) is 11.3 Å². The van der Waals surface area contributed by atoms with Crippen molar-refractivity contribution in [3.63, 3.8) is 0 Å². The molecule has 0 fully saturated rings. The Bertz CT molecular complexity index is 3130. The van der Waals surface area contributed by atoms with Gasteiger partial charge in [-0.25, -0.2) is 0 Å². The van der Waals surface area contributed by atoms with Crippen LogP contribution in [0.2, 0.25) is 0 Å². The Labute approximate surface area is 291 Å². The molecule has 10 rings (SSSR count). The van der Waals surface area contributed by atoms with Gasteiger partial charge >= 0.3 is 0 Å². The van der Waals surface area contributed by atoms with Crippen molar-refractivity contribution >= 4 is 54.3 Å². The summed E-state index contributed by atoms with van der Waals surface area (Å²) in [7, 11) is 0. The summed E-state index contributed by atoms with van der Waals surface area (Å²) in [6.07, 6.45) is 0. The van der Waals surface area contributed by atoms with E-state index in [1.54, 1.807) is 0 Å². The zero-order valence-corrected chi connectivity index (χ0v) is 26.3. The van der Waals surface area contributed by atoms with Crippen molar-refractivity contribution < 1.29 is 11.3 Å². The van der Waals surface area contributed by atoms with Crippen LogP contribution in [0.15, 0.2) is 186 Å². The summed E-state index contributed by atoms with van der Waals surface area (Å²) in [5.41, 5.74) is 8.43. The molecule has 0 aliphatic heterocycles. The largest absolute Gasteiger partial charge is 0.455 e. The number of furan rings is 1. The second kappa shape index (κ2) is 11.1. The number of fused-ring (bicyclic) bond motifs is 6. The van der Waals surface area contributed by atoms with Crippen LogP contribution in [-0.2, 0) is 0 Å². The van der Waals surface area contributed by atoms with Gasteiger partial charge in [0.2, 0.25) is 0 Å². The quantitative estimate of drug-likeness (QED) is 0.177. The Morgan fingerprint density at radius 2 is 1.02 bits per heavy atom. The van der Waals surface area contributed by atoms with Gasteiger partial charge in [-0.3, -0.25) is 0 Å². The minimum absolute atomic E-state index is 0.185. The highest BCUT2D eigenvalue weighted by Crippen LogP contribution is 2.47. The highest BCUT2D eigenvalue weighted by Gasteiger charge is 2.20. The van der Waals surface area contributed by atoms with Gasteiger partial charge in [0.05, 0.1) is 6.85 Å². The lowest BCUT2D eigenvalue weighted by Crippen LogP contribution is -1.92. The molecular formula is C48H30O. The summed E-state index contributed by atoms with van der Waals surface area (Å²) in [4.78, 5) is 0. The van der Waals surface area contributed by atoms with E-state index in [9.17, 15) is 0 Å². The van der Waals surface area contributed by atoms with E-state index in [1.165, 1.54) is 0 Å². The lowest BCUT2D eigenvalue weighted by molar-refractivity contribution is 0.670. The van der Waals surface area contributed by atoms with Crippen molar-refractivity contribution in [2.75, 3.05) is 0 Å². The highest BCUT2D eigenvalue weighted by molar-refractivity contribution is 6.24. The number of hydrogen-bond acceptors (Lipinski definition) is 1. The molecule has 10 aromatic rings. The zero-order chi connectivity index (χ0) is 36.7. The summed E-state index contributed by atoms with van der Waals surface area (Å²) in [5, 5.41) is 7.72. The minimum Gasteiger partial charge on any atom is -0.455 e. The molecule has 49 heavy (non-hydrogen) atoms. The second-order valence-electron chi connectivity index (χ2n) is 12.4. The molecule has 228 valence electrons. The Morgan fingerprint density at radius 1 is 0.367 bits per heavy atom. The topological polar surface area (TPSA) is 13.1 Å². The van der Waals surface area contributed by atoms with Crippen LogP contribution in [0, 0.1) is 0 Å². The second-order valence-corrected chi connectivity index (χ2v) is 12.4. The number of benzene rings is 9. The Balaban J connectivity index is 1.36. The van der Waals surface area contributed by atoms with Crippen molar-refractivity contribution in [2.24, 2.45) is 0 Å². The van der Waals surface area contributed by atoms with Crippen LogP contribution in [0.1, 0.15) is 6.85 Å². The molecular weight excluding hydrogens is 593 g/mol. The monoisotopic (exact) mass is 627 g/mol. The van der Waals surface area contributed by atoms with Crippen LogP contribution in [0.25, 0.3) is 98.8 Å². The van der Waals surface area contributed by atoms with Crippen molar-refractivity contribution in [1.29, 1.82) is 0 Å². The summed E-state index contributed by atoms with van der Waals surface area (Å²) in [5.74, 6) is 0. The fourth-order valence-corrected chi connectivity index (χ4v) is 7.56. The van der Waals surface area contributed by atoms with E-state index in [2.05, 4.69) is 91.0 Å². The molecule has 0 amide bonds. The molecule has 9 aromatic carbocycles. The molecule has 0 saturated carbocycles. The molecule has 0 unspecified atom stereocenters. The lowest BCUT2D eigenvalue weighted by atomic mass is 9.83. The summed E-state index contributed by atoms with van der Waals surface area (Å²) in [6, 6.07) is 50.2. The SMILES string of the molecule is [2H]c1c([2H])c([2H])c(-c2c3ccccc3c(-c3cccc4ccccc34)c3ccc(-c4cc(-c5ccccc5)c5oc6ccccc6c5c4)cc23)c([2H])c1[2H]. The van der Waals surface area contributed by atoms with Crippen LogP contribution < -0.4 is 0 Å². The third-order valence-electron chi connectivity index (χ3n) is 9.73. The average Bonchev–Trinajstić information content (AvgIpc) is 3.60. The molecule has 1 heterocycles. The lowest BCUT2D eigenvalue weighted by Gasteiger charge is -2.20. The summed E-state index contributed by atoms with van der Waals surface area (Å²) >= 11 is 0. The number of para-hydroxylation sites is 1. The van der Waals surface area contributed by atoms with Gasteiger partial charge in [-0.1, -0.05) is 158 Å². The van der Waals surface area contributed by atoms with E-state index >= 15 is 0 Å². The molecule has 0 aliphatic rings. The highest BCUT2D eigenvalue weighted by atomic mass is 16.3. The first kappa shape index (κ1) is 23.0. The molecule has 0 spiro atoms. The van der Waals surface area contributed by atoms with Gasteiger partial charge in [-0.2, -0.15) is 0 Å². The third-order valence-corrected chi connectivity index (χ3v) is 9.73. The fraction of sp³-hybridized carbons (Fsp3) is 0. The number of rotatable bonds is 4. The van der Waals surface area contributed by atoms with Crippen LogP contribution in [0.5, 0.6) is 0 Å². The molecule has 1 nitrogen and oxygen atoms in total. The Hall–Kier alpha value is -6.44. The van der Waals surface area contributed by atoms with Gasteiger partial charge in [0.1, 0.15) is 11.2 Å². The van der Waals surface area contributed by atoms with Gasteiger partial charge in [-0.15, -0.1) is 0 Å². The first-order chi connectivity index (χ1) is 26.4. The van der Waals surface area contributed by atoms with E-state index in [1.807, 2.05) is 60.7 Å². The zero-order valence-electron chi connectivity index (χ0n) is 31.3. The molecule has 1 heteroatoms. The molecule has 0 N–H and O–H groups in total. The maximum Gasteiger partial charge on any atom is 0.143 e. The normalized spacial score (nSPS) is 13.1. The Kier molecular flexibility index (Phi) is 5.20. The summed E-state index contributed by atoms with van der Waals surface area (Å²) < 4.78 is 50.5. The van der Waals surface area contributed by atoms with Gasteiger partial charge in [0, 0.05) is 16.3 Å². The molecule has 0 bridgehead atoms. The maximum absolute atomic E-state index is 9.16. The van der Waals surface area contributed by atoms with Crippen molar-refractivity contribution in [1.82, 2.24) is 0 Å². The van der Waals surface area contributed by atoms with Crippen LogP contribution in [0.3, 0.4) is 0 Å². The molecule has 0 aliphatic carbocycles. The van der Waals surface area contributed by atoms with Crippen molar-refractivity contribution in [3.05, 3.63) is 182 Å². The predicted molar refractivity (Wildman–Crippen MR) is 208 cm³/mol. The first-order valence-electron chi connectivity index (χ1n) is 18.9. The van der Waals surface area contributed by atoms with E-state index in [0.717, 1.165) is 87.6 Å². The van der Waals surface area contributed by atoms with Crippen LogP contribution in [-0.4, -0.2) is 0 Å². The molecule has 0 atom stereocenters. The molecule has 0 radical (unpaired) electrons. The van der Waals surface area contributed by atoms with Gasteiger partial charge in [0.25, 0.3) is 0 Å². The van der Waals surface area contributed by atoms with Gasteiger partial charge in [-0.05, 0) is 95.5 Å². The first-order valence-corrected chi connectivity index (χ1v) is 16.4. The Morgan fingerprint density at radius 3 is 1.86 bits per heavy atom. The third kappa shape index (κ3) is 4.40. The van der Waals surface area contributed by atoms with E-state index < -0.39 is 6.04 Å². The predicted octanol–water partition coefficient (Wildman–Crippen LogP) is 13.7. The minimum atomic E-state index is -0.412. The average molecular weight is 628 g/mol. The molecule has 0 saturated heterocycles. The smallest absolute Gasteiger partial charge is 0.143 e. The van der Waals surface area contributed by atoms with Crippen molar-refractivity contribution in [2.45, 2.75) is 0 Å². The van der Waals surface area contributed by atoms with Crippen LogP contribution in [0.4, 0.5) is 0 Å². The van der Waals surface area contributed by atoms with E-state index in [-0.39, 0.29) is 29.7 Å². The number of hydrogen-bond donors (Lipinski definition) is 0. The molecule has 1 aromatic heterocycles. The van der Waals surface area contributed by atoms with E-state index in [0.29, 0.717) is 5.56 Å².